The first-order chi connectivity index (χ1) is 8.19. The number of aliphatic hydroxyl groups excluding tert-OH is 1. The van der Waals surface area contributed by atoms with Gasteiger partial charge < -0.3 is 14.6 Å². The third kappa shape index (κ3) is 3.44. The van der Waals surface area contributed by atoms with Crippen LogP contribution in [0.5, 0.6) is 5.75 Å². The van der Waals surface area contributed by atoms with E-state index in [2.05, 4.69) is 22.9 Å². The van der Waals surface area contributed by atoms with Gasteiger partial charge in [0.25, 0.3) is 0 Å². The number of hydrogen-bond donors (Lipinski definition) is 1. The normalized spacial score (nSPS) is 23.9. The molecule has 1 aliphatic rings. The van der Waals surface area contributed by atoms with Crippen LogP contribution in [0.2, 0.25) is 0 Å². The molecule has 0 bridgehead atoms. The van der Waals surface area contributed by atoms with Crippen LogP contribution in [-0.2, 0) is 11.3 Å². The molecule has 2 rings (SSSR count). The van der Waals surface area contributed by atoms with Crippen LogP contribution in [0.15, 0.2) is 22.7 Å². The second kappa shape index (κ2) is 5.85. The predicted molar refractivity (Wildman–Crippen MR) is 69.1 cm³/mol. The van der Waals surface area contributed by atoms with E-state index in [9.17, 15) is 0 Å². The number of halogens is 1. The summed E-state index contributed by atoms with van der Waals surface area (Å²) >= 11 is 3.38. The molecule has 0 saturated carbocycles. The van der Waals surface area contributed by atoms with Gasteiger partial charge in [0.05, 0.1) is 18.8 Å². The van der Waals surface area contributed by atoms with Gasteiger partial charge in [0, 0.05) is 4.47 Å². The third-order valence-corrected chi connectivity index (χ3v) is 3.72. The maximum absolute atomic E-state index is 9.15. The van der Waals surface area contributed by atoms with E-state index < -0.39 is 0 Å². The van der Waals surface area contributed by atoms with Gasteiger partial charge in [-0.25, -0.2) is 0 Å². The zero-order chi connectivity index (χ0) is 12.3. The van der Waals surface area contributed by atoms with Gasteiger partial charge >= 0.3 is 0 Å². The topological polar surface area (TPSA) is 38.7 Å². The summed E-state index contributed by atoms with van der Waals surface area (Å²) in [5.41, 5.74) is 0.836. The van der Waals surface area contributed by atoms with Crippen LogP contribution >= 0.6 is 15.9 Å². The Hall–Kier alpha value is -0.580. The molecule has 0 aromatic heterocycles. The molecule has 0 amide bonds. The summed E-state index contributed by atoms with van der Waals surface area (Å²) in [7, 11) is 0. The van der Waals surface area contributed by atoms with Crippen molar-refractivity contribution in [3.63, 3.8) is 0 Å². The third-order valence-electron chi connectivity index (χ3n) is 2.94. The maximum atomic E-state index is 9.15. The number of ether oxygens (including phenoxy) is 2. The van der Waals surface area contributed by atoms with Gasteiger partial charge in [-0.15, -0.1) is 0 Å². The molecule has 94 valence electrons. The summed E-state index contributed by atoms with van der Waals surface area (Å²) in [6, 6.07) is 5.63. The van der Waals surface area contributed by atoms with E-state index in [4.69, 9.17) is 14.6 Å². The molecular weight excluding hydrogens is 284 g/mol. The van der Waals surface area contributed by atoms with Gasteiger partial charge in [0.2, 0.25) is 0 Å². The van der Waals surface area contributed by atoms with Crippen molar-refractivity contribution < 1.29 is 14.6 Å². The van der Waals surface area contributed by atoms with Gasteiger partial charge in [-0.3, -0.25) is 0 Å². The molecule has 1 aromatic rings. The summed E-state index contributed by atoms with van der Waals surface area (Å²) in [6.45, 7) is 2.68. The minimum Gasteiger partial charge on any atom is -0.491 e. The highest BCUT2D eigenvalue weighted by molar-refractivity contribution is 9.10. The lowest BCUT2D eigenvalue weighted by Crippen LogP contribution is -2.17. The zero-order valence-corrected chi connectivity index (χ0v) is 11.4. The molecule has 4 heteroatoms. The van der Waals surface area contributed by atoms with Crippen LogP contribution in [0.25, 0.3) is 0 Å². The van der Waals surface area contributed by atoms with E-state index in [0.717, 1.165) is 28.6 Å². The minimum atomic E-state index is 0.00868. The first-order valence-corrected chi connectivity index (χ1v) is 6.66. The lowest BCUT2D eigenvalue weighted by atomic mass is 10.2. The fourth-order valence-corrected chi connectivity index (χ4v) is 2.33. The van der Waals surface area contributed by atoms with Crippen molar-refractivity contribution in [2.45, 2.75) is 38.6 Å². The lowest BCUT2D eigenvalue weighted by Gasteiger charge is -2.13. The average Bonchev–Trinajstić information content (AvgIpc) is 2.74. The van der Waals surface area contributed by atoms with E-state index in [-0.39, 0.29) is 12.7 Å². The van der Waals surface area contributed by atoms with E-state index >= 15 is 0 Å². The molecule has 1 heterocycles. The molecule has 0 radical (unpaired) electrons. The highest BCUT2D eigenvalue weighted by atomic mass is 79.9. The fourth-order valence-electron chi connectivity index (χ4n) is 1.96. The van der Waals surface area contributed by atoms with Crippen molar-refractivity contribution in [2.75, 3.05) is 6.61 Å². The molecule has 1 saturated heterocycles. The van der Waals surface area contributed by atoms with Crippen LogP contribution in [0.3, 0.4) is 0 Å². The Morgan fingerprint density at radius 2 is 2.29 bits per heavy atom. The largest absolute Gasteiger partial charge is 0.491 e. The molecule has 2 atom stereocenters. The van der Waals surface area contributed by atoms with Crippen molar-refractivity contribution in [3.05, 3.63) is 28.2 Å². The Kier molecular flexibility index (Phi) is 4.42. The SMILES string of the molecule is CC1CCC(COc2ccc(Br)c(CO)c2)O1. The van der Waals surface area contributed by atoms with Crippen LogP contribution in [-0.4, -0.2) is 23.9 Å². The van der Waals surface area contributed by atoms with Crippen molar-refractivity contribution in [1.82, 2.24) is 0 Å². The molecule has 3 nitrogen and oxygen atoms in total. The molecule has 0 aliphatic carbocycles. The molecular formula is C13H17BrO3. The van der Waals surface area contributed by atoms with Crippen LogP contribution < -0.4 is 4.74 Å². The Balaban J connectivity index is 1.90. The zero-order valence-electron chi connectivity index (χ0n) is 9.86. The van der Waals surface area contributed by atoms with E-state index in [1.165, 1.54) is 0 Å². The highest BCUT2D eigenvalue weighted by Crippen LogP contribution is 2.24. The van der Waals surface area contributed by atoms with Gasteiger partial charge in [-0.1, -0.05) is 15.9 Å². The Labute approximate surface area is 110 Å². The van der Waals surface area contributed by atoms with Crippen molar-refractivity contribution in [1.29, 1.82) is 0 Å². The Bertz CT molecular complexity index is 381. The summed E-state index contributed by atoms with van der Waals surface area (Å²) in [4.78, 5) is 0. The molecule has 0 spiro atoms. The summed E-state index contributed by atoms with van der Waals surface area (Å²) in [5.74, 6) is 0.778. The molecule has 1 fully saturated rings. The van der Waals surface area contributed by atoms with Gasteiger partial charge in [0.15, 0.2) is 0 Å². The van der Waals surface area contributed by atoms with E-state index in [0.29, 0.717) is 12.7 Å². The van der Waals surface area contributed by atoms with Crippen molar-refractivity contribution in [3.8, 4) is 5.75 Å². The number of aliphatic hydroxyl groups is 1. The predicted octanol–water partition coefficient (Wildman–Crippen LogP) is 2.89. The summed E-state index contributed by atoms with van der Waals surface area (Å²) < 4.78 is 12.3. The molecule has 2 unspecified atom stereocenters. The van der Waals surface area contributed by atoms with Crippen LogP contribution in [0.4, 0.5) is 0 Å². The highest BCUT2D eigenvalue weighted by Gasteiger charge is 2.22. The first kappa shape index (κ1) is 12.9. The second-order valence-electron chi connectivity index (χ2n) is 4.37. The smallest absolute Gasteiger partial charge is 0.119 e. The first-order valence-electron chi connectivity index (χ1n) is 5.86. The van der Waals surface area contributed by atoms with Crippen LogP contribution in [0, 0.1) is 0 Å². The lowest BCUT2D eigenvalue weighted by molar-refractivity contribution is 0.0264. The fraction of sp³-hybridized carbons (Fsp3) is 0.538. The van der Waals surface area contributed by atoms with Crippen molar-refractivity contribution >= 4 is 15.9 Å². The monoisotopic (exact) mass is 300 g/mol. The van der Waals surface area contributed by atoms with Gasteiger partial charge in [-0.05, 0) is 43.5 Å². The average molecular weight is 301 g/mol. The summed E-state index contributed by atoms with van der Waals surface area (Å²) in [5, 5.41) is 9.15. The van der Waals surface area contributed by atoms with Gasteiger partial charge in [0.1, 0.15) is 12.4 Å². The van der Waals surface area contributed by atoms with Gasteiger partial charge in [-0.2, -0.15) is 0 Å². The molecule has 1 aliphatic heterocycles. The maximum Gasteiger partial charge on any atom is 0.119 e. The standard InChI is InChI=1S/C13H17BrO3/c1-9-2-3-12(17-9)8-16-11-4-5-13(14)10(6-11)7-15/h4-6,9,12,15H,2-3,7-8H2,1H3. The summed E-state index contributed by atoms with van der Waals surface area (Å²) in [6.07, 6.45) is 2.72. The molecule has 1 aromatic carbocycles. The van der Waals surface area contributed by atoms with Crippen LogP contribution in [0.1, 0.15) is 25.3 Å². The Morgan fingerprint density at radius 3 is 2.94 bits per heavy atom. The number of rotatable bonds is 4. The quantitative estimate of drug-likeness (QED) is 0.929. The minimum absolute atomic E-state index is 0.00868. The van der Waals surface area contributed by atoms with E-state index in [1.807, 2.05) is 18.2 Å². The second-order valence-corrected chi connectivity index (χ2v) is 5.22. The number of hydrogen-bond acceptors (Lipinski definition) is 3. The van der Waals surface area contributed by atoms with Crippen molar-refractivity contribution in [2.24, 2.45) is 0 Å². The Morgan fingerprint density at radius 1 is 1.47 bits per heavy atom. The molecule has 1 N–H and O–H groups in total. The molecule has 17 heavy (non-hydrogen) atoms. The number of benzene rings is 1. The van der Waals surface area contributed by atoms with E-state index in [1.54, 1.807) is 0 Å².